The Kier molecular flexibility index (Phi) is 5.80. The highest BCUT2D eigenvalue weighted by atomic mass is 32.1. The minimum Gasteiger partial charge on any atom is -0.337 e. The van der Waals surface area contributed by atoms with Gasteiger partial charge in [0.1, 0.15) is 0 Å². The molecule has 1 rings (SSSR count). The van der Waals surface area contributed by atoms with Crippen molar-refractivity contribution >= 4 is 18.5 Å². The van der Waals surface area contributed by atoms with Gasteiger partial charge in [0.2, 0.25) is 5.91 Å². The van der Waals surface area contributed by atoms with E-state index < -0.39 is 0 Å². The van der Waals surface area contributed by atoms with Crippen molar-refractivity contribution < 1.29 is 4.79 Å². The molecule has 0 aromatic rings. The second kappa shape index (κ2) is 6.64. The molecule has 3 nitrogen and oxygen atoms in total. The van der Waals surface area contributed by atoms with E-state index >= 15 is 0 Å². The lowest BCUT2D eigenvalue weighted by atomic mass is 10.1. The molecule has 1 fully saturated rings. The largest absolute Gasteiger partial charge is 0.337 e. The predicted molar refractivity (Wildman–Crippen MR) is 75.5 cm³/mol. The maximum atomic E-state index is 12.4. The fraction of sp³-hybridized carbons (Fsp3) is 0.923. The van der Waals surface area contributed by atoms with Crippen LogP contribution in [0.2, 0.25) is 0 Å². The first-order valence-corrected chi connectivity index (χ1v) is 7.16. The fourth-order valence-electron chi connectivity index (χ4n) is 2.34. The van der Waals surface area contributed by atoms with Gasteiger partial charge >= 0.3 is 0 Å². The first-order chi connectivity index (χ1) is 7.97. The molecule has 0 spiro atoms. The molecule has 2 atom stereocenters. The van der Waals surface area contributed by atoms with Gasteiger partial charge in [-0.25, -0.2) is 0 Å². The quantitative estimate of drug-likeness (QED) is 0.782. The van der Waals surface area contributed by atoms with Gasteiger partial charge in [-0.3, -0.25) is 4.79 Å². The van der Waals surface area contributed by atoms with Gasteiger partial charge in [0.05, 0.1) is 5.25 Å². The highest BCUT2D eigenvalue weighted by molar-refractivity contribution is 7.81. The van der Waals surface area contributed by atoms with Crippen molar-refractivity contribution in [1.29, 1.82) is 0 Å². The maximum absolute atomic E-state index is 12.4. The second-order valence-corrected chi connectivity index (χ2v) is 5.95. The van der Waals surface area contributed by atoms with E-state index in [0.717, 1.165) is 32.5 Å². The van der Waals surface area contributed by atoms with Gasteiger partial charge < -0.3 is 9.80 Å². The molecule has 1 saturated heterocycles. The number of carbonyl (C=O) groups excluding carboxylic acids is 1. The third-order valence-electron chi connectivity index (χ3n) is 3.54. The zero-order chi connectivity index (χ0) is 13.0. The maximum Gasteiger partial charge on any atom is 0.235 e. The first kappa shape index (κ1) is 14.8. The lowest BCUT2D eigenvalue weighted by Gasteiger charge is -2.33. The number of nitrogens with zero attached hydrogens (tertiary/aromatic N) is 2. The van der Waals surface area contributed by atoms with Crippen LogP contribution in [0, 0.1) is 5.92 Å². The molecular weight excluding hydrogens is 232 g/mol. The number of thiol groups is 1. The number of rotatable bonds is 3. The van der Waals surface area contributed by atoms with Gasteiger partial charge in [-0.15, -0.1) is 0 Å². The number of carbonyl (C=O) groups is 1. The summed E-state index contributed by atoms with van der Waals surface area (Å²) in [7, 11) is 2.14. The number of hydrogen-bond donors (Lipinski definition) is 1. The third-order valence-corrected chi connectivity index (χ3v) is 4.36. The molecule has 0 bridgehead atoms. The SMILES string of the molecule is CCC1CN(C)CCCN1C(=O)C(S)C(C)C. The summed E-state index contributed by atoms with van der Waals surface area (Å²) in [5, 5.41) is -0.160. The first-order valence-electron chi connectivity index (χ1n) is 6.64. The Morgan fingerprint density at radius 3 is 2.59 bits per heavy atom. The second-order valence-electron chi connectivity index (χ2n) is 5.40. The Morgan fingerprint density at radius 2 is 2.06 bits per heavy atom. The summed E-state index contributed by atoms with van der Waals surface area (Å²) in [5.74, 6) is 0.509. The van der Waals surface area contributed by atoms with Gasteiger partial charge in [0, 0.05) is 19.1 Å². The van der Waals surface area contributed by atoms with Crippen LogP contribution in [0.3, 0.4) is 0 Å². The van der Waals surface area contributed by atoms with E-state index in [4.69, 9.17) is 0 Å². The van der Waals surface area contributed by atoms with E-state index in [9.17, 15) is 4.79 Å². The van der Waals surface area contributed by atoms with Gasteiger partial charge in [-0.1, -0.05) is 20.8 Å². The smallest absolute Gasteiger partial charge is 0.235 e. The third kappa shape index (κ3) is 3.88. The zero-order valence-electron chi connectivity index (χ0n) is 11.5. The summed E-state index contributed by atoms with van der Waals surface area (Å²) < 4.78 is 0. The summed E-state index contributed by atoms with van der Waals surface area (Å²) in [5.41, 5.74) is 0. The molecule has 17 heavy (non-hydrogen) atoms. The molecule has 0 aromatic heterocycles. The Labute approximate surface area is 111 Å². The normalized spacial score (nSPS) is 24.8. The van der Waals surface area contributed by atoms with E-state index in [-0.39, 0.29) is 11.2 Å². The topological polar surface area (TPSA) is 23.6 Å². The monoisotopic (exact) mass is 258 g/mol. The van der Waals surface area contributed by atoms with Crippen LogP contribution in [0.15, 0.2) is 0 Å². The molecule has 4 heteroatoms. The van der Waals surface area contributed by atoms with E-state index in [0.29, 0.717) is 12.0 Å². The standard InChI is InChI=1S/C13H26N2OS/c1-5-11-9-14(4)7-6-8-15(11)13(16)12(17)10(2)3/h10-12,17H,5-9H2,1-4H3. The van der Waals surface area contributed by atoms with E-state index in [1.807, 2.05) is 0 Å². The van der Waals surface area contributed by atoms with Gasteiger partial charge in [-0.2, -0.15) is 12.6 Å². The molecule has 0 radical (unpaired) electrons. The Balaban J connectivity index is 2.74. The van der Waals surface area contributed by atoms with Crippen molar-refractivity contribution in [3.8, 4) is 0 Å². The van der Waals surface area contributed by atoms with Crippen LogP contribution in [0.5, 0.6) is 0 Å². The van der Waals surface area contributed by atoms with Gasteiger partial charge in [-0.05, 0) is 32.4 Å². The van der Waals surface area contributed by atoms with Crippen LogP contribution in [0.4, 0.5) is 0 Å². The molecule has 1 aliphatic heterocycles. The molecule has 1 heterocycles. The molecular formula is C13H26N2OS. The number of amides is 1. The molecule has 0 aliphatic carbocycles. The van der Waals surface area contributed by atoms with Crippen molar-refractivity contribution in [3.63, 3.8) is 0 Å². The average Bonchev–Trinajstić information content (AvgIpc) is 2.48. The summed E-state index contributed by atoms with van der Waals surface area (Å²) in [6.45, 7) is 9.22. The van der Waals surface area contributed by atoms with E-state index in [1.54, 1.807) is 0 Å². The Hall–Kier alpha value is -0.220. The van der Waals surface area contributed by atoms with Crippen molar-refractivity contribution in [2.45, 2.75) is 44.9 Å². The van der Waals surface area contributed by atoms with Gasteiger partial charge in [0.15, 0.2) is 0 Å². The zero-order valence-corrected chi connectivity index (χ0v) is 12.4. The fourth-order valence-corrected chi connectivity index (χ4v) is 2.49. The summed E-state index contributed by atoms with van der Waals surface area (Å²) in [4.78, 5) is 16.8. The lowest BCUT2D eigenvalue weighted by molar-refractivity contribution is -0.133. The van der Waals surface area contributed by atoms with Crippen LogP contribution >= 0.6 is 12.6 Å². The molecule has 0 N–H and O–H groups in total. The van der Waals surface area contributed by atoms with Crippen molar-refractivity contribution in [1.82, 2.24) is 9.80 Å². The summed E-state index contributed by atoms with van der Waals surface area (Å²) >= 11 is 4.46. The molecule has 100 valence electrons. The summed E-state index contributed by atoms with van der Waals surface area (Å²) in [6, 6.07) is 0.350. The lowest BCUT2D eigenvalue weighted by Crippen LogP contribution is -2.47. The van der Waals surface area contributed by atoms with Crippen molar-refractivity contribution in [2.24, 2.45) is 5.92 Å². The predicted octanol–water partition coefficient (Wildman–Crippen LogP) is 1.88. The molecule has 0 aromatic carbocycles. The Morgan fingerprint density at radius 1 is 1.41 bits per heavy atom. The van der Waals surface area contributed by atoms with Crippen LogP contribution < -0.4 is 0 Å². The number of likely N-dealkylation sites (N-methyl/N-ethyl adjacent to an activating group) is 1. The van der Waals surface area contributed by atoms with Crippen LogP contribution in [0.1, 0.15) is 33.6 Å². The van der Waals surface area contributed by atoms with E-state index in [1.165, 1.54) is 0 Å². The highest BCUT2D eigenvalue weighted by Crippen LogP contribution is 2.18. The molecule has 1 aliphatic rings. The minimum atomic E-state index is -0.160. The van der Waals surface area contributed by atoms with E-state index in [2.05, 4.69) is 50.2 Å². The van der Waals surface area contributed by atoms with Crippen molar-refractivity contribution in [2.75, 3.05) is 26.7 Å². The summed E-state index contributed by atoms with van der Waals surface area (Å²) in [6.07, 6.45) is 2.09. The minimum absolute atomic E-state index is 0.160. The molecule has 2 unspecified atom stereocenters. The number of hydrogen-bond acceptors (Lipinski definition) is 3. The van der Waals surface area contributed by atoms with Gasteiger partial charge in [0.25, 0.3) is 0 Å². The van der Waals surface area contributed by atoms with Crippen LogP contribution in [0.25, 0.3) is 0 Å². The average molecular weight is 258 g/mol. The van der Waals surface area contributed by atoms with Crippen molar-refractivity contribution in [3.05, 3.63) is 0 Å². The highest BCUT2D eigenvalue weighted by Gasteiger charge is 2.30. The van der Waals surface area contributed by atoms with Crippen LogP contribution in [-0.4, -0.2) is 53.7 Å². The Bertz CT molecular complexity index is 258. The molecule has 1 amide bonds. The molecule has 0 saturated carbocycles. The van der Waals surface area contributed by atoms with Crippen LogP contribution in [-0.2, 0) is 4.79 Å².